The number of aromatic nitrogens is 3. The van der Waals surface area contributed by atoms with Gasteiger partial charge in [0.15, 0.2) is 11.5 Å². The van der Waals surface area contributed by atoms with E-state index in [1.807, 2.05) is 35.7 Å². The molecule has 0 aliphatic rings. The fourth-order valence-corrected chi connectivity index (χ4v) is 2.66. The summed E-state index contributed by atoms with van der Waals surface area (Å²) in [6, 6.07) is 5.81. The number of ether oxygens (including phenoxy) is 2. The van der Waals surface area contributed by atoms with Gasteiger partial charge < -0.3 is 9.47 Å². The Morgan fingerprint density at radius 2 is 1.90 bits per heavy atom. The van der Waals surface area contributed by atoms with E-state index in [0.717, 1.165) is 21.4 Å². The average molecular weight is 348 g/mol. The smallest absolute Gasteiger partial charge is 0.234 e. The van der Waals surface area contributed by atoms with Crippen LogP contribution in [-0.2, 0) is 0 Å². The minimum atomic E-state index is 0.667. The van der Waals surface area contributed by atoms with E-state index in [1.165, 1.54) is 0 Å². The molecule has 3 rings (SSSR count). The molecule has 0 radical (unpaired) electrons. The zero-order valence-corrected chi connectivity index (χ0v) is 13.5. The SMILES string of the molecule is COc1ccc(-c2c(C)nc3ncc(Br)cn23)cc1OC. The fraction of sp³-hybridized carbons (Fsp3) is 0.200. The maximum absolute atomic E-state index is 5.37. The molecule has 0 atom stereocenters. The molecule has 5 nitrogen and oxygen atoms in total. The highest BCUT2D eigenvalue weighted by molar-refractivity contribution is 9.10. The van der Waals surface area contributed by atoms with E-state index in [1.54, 1.807) is 20.4 Å². The third-order valence-corrected chi connectivity index (χ3v) is 3.69. The number of nitrogens with zero attached hydrogens (tertiary/aromatic N) is 3. The average Bonchev–Trinajstić information content (AvgIpc) is 2.81. The Morgan fingerprint density at radius 3 is 2.62 bits per heavy atom. The van der Waals surface area contributed by atoms with E-state index in [2.05, 4.69) is 25.9 Å². The number of aryl methyl sites for hydroxylation is 1. The second kappa shape index (κ2) is 5.37. The summed E-state index contributed by atoms with van der Waals surface area (Å²) in [7, 11) is 3.25. The van der Waals surface area contributed by atoms with Gasteiger partial charge in [-0.2, -0.15) is 0 Å². The van der Waals surface area contributed by atoms with Gasteiger partial charge in [-0.15, -0.1) is 0 Å². The van der Waals surface area contributed by atoms with Gasteiger partial charge in [-0.05, 0) is 41.1 Å². The lowest BCUT2D eigenvalue weighted by Crippen LogP contribution is -1.94. The molecule has 1 aromatic carbocycles. The largest absolute Gasteiger partial charge is 0.493 e. The lowest BCUT2D eigenvalue weighted by Gasteiger charge is -2.10. The first-order chi connectivity index (χ1) is 10.1. The first kappa shape index (κ1) is 13.9. The maximum atomic E-state index is 5.37. The molecule has 6 heteroatoms. The van der Waals surface area contributed by atoms with Crippen LogP contribution >= 0.6 is 15.9 Å². The molecule has 2 heterocycles. The molecule has 0 spiro atoms. The minimum Gasteiger partial charge on any atom is -0.493 e. The van der Waals surface area contributed by atoms with Crippen molar-refractivity contribution >= 4 is 21.7 Å². The number of rotatable bonds is 3. The number of hydrogen-bond donors (Lipinski definition) is 0. The van der Waals surface area contributed by atoms with Crippen LogP contribution in [0.3, 0.4) is 0 Å². The summed E-state index contributed by atoms with van der Waals surface area (Å²) in [4.78, 5) is 8.80. The van der Waals surface area contributed by atoms with Gasteiger partial charge in [0.25, 0.3) is 0 Å². The van der Waals surface area contributed by atoms with Crippen molar-refractivity contribution in [1.29, 1.82) is 0 Å². The van der Waals surface area contributed by atoms with Crippen LogP contribution in [0.15, 0.2) is 35.1 Å². The lowest BCUT2D eigenvalue weighted by molar-refractivity contribution is 0.355. The highest BCUT2D eigenvalue weighted by Gasteiger charge is 2.14. The zero-order chi connectivity index (χ0) is 15.0. The van der Waals surface area contributed by atoms with Gasteiger partial charge in [0, 0.05) is 18.0 Å². The van der Waals surface area contributed by atoms with Crippen molar-refractivity contribution < 1.29 is 9.47 Å². The van der Waals surface area contributed by atoms with E-state index in [0.29, 0.717) is 17.3 Å². The highest BCUT2D eigenvalue weighted by Crippen LogP contribution is 2.33. The van der Waals surface area contributed by atoms with E-state index in [4.69, 9.17) is 9.47 Å². The Morgan fingerprint density at radius 1 is 1.14 bits per heavy atom. The van der Waals surface area contributed by atoms with Crippen LogP contribution < -0.4 is 9.47 Å². The van der Waals surface area contributed by atoms with Crippen LogP contribution in [-0.4, -0.2) is 28.6 Å². The quantitative estimate of drug-likeness (QED) is 0.727. The predicted molar refractivity (Wildman–Crippen MR) is 84.0 cm³/mol. The summed E-state index contributed by atoms with van der Waals surface area (Å²) in [5.41, 5.74) is 2.89. The van der Waals surface area contributed by atoms with Crippen LogP contribution in [0.2, 0.25) is 0 Å². The standard InChI is InChI=1S/C15H14BrN3O2/c1-9-14(19-8-11(16)7-17-15(19)18-9)10-4-5-12(20-2)13(6-10)21-3/h4-8H,1-3H3. The molecule has 0 amide bonds. The molecule has 0 bridgehead atoms. The van der Waals surface area contributed by atoms with Crippen LogP contribution in [0.1, 0.15) is 5.69 Å². The predicted octanol–water partition coefficient (Wildman–Crippen LogP) is 3.48. The molecule has 21 heavy (non-hydrogen) atoms. The zero-order valence-electron chi connectivity index (χ0n) is 11.9. The molecule has 0 saturated carbocycles. The summed E-state index contributed by atoms with van der Waals surface area (Å²) in [5, 5.41) is 0. The van der Waals surface area contributed by atoms with Crippen molar-refractivity contribution in [3.05, 3.63) is 40.8 Å². The Labute approximate surface area is 130 Å². The Kier molecular flexibility index (Phi) is 3.55. The molecule has 2 aromatic heterocycles. The summed E-state index contributed by atoms with van der Waals surface area (Å²) < 4.78 is 13.5. The molecular formula is C15H14BrN3O2. The molecule has 0 unspecified atom stereocenters. The first-order valence-corrected chi connectivity index (χ1v) is 7.16. The van der Waals surface area contributed by atoms with Crippen molar-refractivity contribution in [2.45, 2.75) is 6.92 Å². The van der Waals surface area contributed by atoms with Crippen LogP contribution in [0, 0.1) is 6.92 Å². The normalized spacial score (nSPS) is 10.9. The lowest BCUT2D eigenvalue weighted by atomic mass is 10.1. The van der Waals surface area contributed by atoms with E-state index in [-0.39, 0.29) is 0 Å². The topological polar surface area (TPSA) is 48.7 Å². The molecule has 0 saturated heterocycles. The van der Waals surface area contributed by atoms with Gasteiger partial charge in [0.05, 0.1) is 30.1 Å². The maximum Gasteiger partial charge on any atom is 0.234 e. The van der Waals surface area contributed by atoms with Gasteiger partial charge in [-0.1, -0.05) is 0 Å². The molecule has 0 fully saturated rings. The van der Waals surface area contributed by atoms with Gasteiger partial charge in [0.1, 0.15) is 0 Å². The molecular weight excluding hydrogens is 334 g/mol. The molecule has 0 N–H and O–H groups in total. The van der Waals surface area contributed by atoms with Gasteiger partial charge in [-0.3, -0.25) is 4.40 Å². The summed E-state index contributed by atoms with van der Waals surface area (Å²) in [6.45, 7) is 1.97. The van der Waals surface area contributed by atoms with E-state index < -0.39 is 0 Å². The minimum absolute atomic E-state index is 0.667. The third kappa shape index (κ3) is 2.35. The van der Waals surface area contributed by atoms with Crippen molar-refractivity contribution in [3.63, 3.8) is 0 Å². The monoisotopic (exact) mass is 347 g/mol. The highest BCUT2D eigenvalue weighted by atomic mass is 79.9. The van der Waals surface area contributed by atoms with Crippen LogP contribution in [0.5, 0.6) is 11.5 Å². The number of fused-ring (bicyclic) bond motifs is 1. The number of methoxy groups -OCH3 is 2. The van der Waals surface area contributed by atoms with Crippen LogP contribution in [0.25, 0.3) is 17.0 Å². The van der Waals surface area contributed by atoms with Gasteiger partial charge in [0.2, 0.25) is 5.78 Å². The second-order valence-corrected chi connectivity index (χ2v) is 5.47. The third-order valence-electron chi connectivity index (χ3n) is 3.28. The molecule has 0 aliphatic heterocycles. The fourth-order valence-electron chi connectivity index (χ4n) is 2.35. The molecule has 3 aromatic rings. The van der Waals surface area contributed by atoms with Crippen molar-refractivity contribution in [2.75, 3.05) is 14.2 Å². The number of halogens is 1. The summed E-state index contributed by atoms with van der Waals surface area (Å²) >= 11 is 3.44. The van der Waals surface area contributed by atoms with Gasteiger partial charge >= 0.3 is 0 Å². The molecule has 108 valence electrons. The summed E-state index contributed by atoms with van der Waals surface area (Å²) in [5.74, 6) is 2.06. The van der Waals surface area contributed by atoms with E-state index in [9.17, 15) is 0 Å². The van der Waals surface area contributed by atoms with Crippen molar-refractivity contribution in [2.24, 2.45) is 0 Å². The Hall–Kier alpha value is -2.08. The second-order valence-electron chi connectivity index (χ2n) is 4.56. The van der Waals surface area contributed by atoms with Crippen molar-refractivity contribution in [3.8, 4) is 22.8 Å². The number of imidazole rings is 1. The summed E-state index contributed by atoms with van der Waals surface area (Å²) in [6.07, 6.45) is 3.69. The van der Waals surface area contributed by atoms with E-state index >= 15 is 0 Å². The number of benzene rings is 1. The Balaban J connectivity index is 2.24. The van der Waals surface area contributed by atoms with Crippen molar-refractivity contribution in [1.82, 2.24) is 14.4 Å². The molecule has 0 aliphatic carbocycles. The van der Waals surface area contributed by atoms with Gasteiger partial charge in [-0.25, -0.2) is 9.97 Å². The van der Waals surface area contributed by atoms with Crippen LogP contribution in [0.4, 0.5) is 0 Å². The Bertz CT molecular complexity index is 814. The number of hydrogen-bond acceptors (Lipinski definition) is 4. The first-order valence-electron chi connectivity index (χ1n) is 6.36.